The van der Waals surface area contributed by atoms with Gasteiger partial charge in [-0.25, -0.2) is 8.42 Å². The van der Waals surface area contributed by atoms with Gasteiger partial charge >= 0.3 is 0 Å². The maximum absolute atomic E-state index is 12.7. The van der Waals surface area contributed by atoms with Crippen LogP contribution in [0.5, 0.6) is 0 Å². The predicted molar refractivity (Wildman–Crippen MR) is 86.7 cm³/mol. The third-order valence-corrected chi connectivity index (χ3v) is 5.71. The van der Waals surface area contributed by atoms with Gasteiger partial charge in [-0.05, 0) is 39.3 Å². The van der Waals surface area contributed by atoms with E-state index < -0.39 is 10.0 Å². The van der Waals surface area contributed by atoms with Crippen molar-refractivity contribution in [1.29, 1.82) is 0 Å². The van der Waals surface area contributed by atoms with Crippen molar-refractivity contribution in [2.45, 2.75) is 58.1 Å². The minimum Gasteiger partial charge on any atom is -0.349 e. The lowest BCUT2D eigenvalue weighted by molar-refractivity contribution is 0.338. The maximum atomic E-state index is 12.7. The summed E-state index contributed by atoms with van der Waals surface area (Å²) in [7, 11) is 0.1000. The van der Waals surface area contributed by atoms with Gasteiger partial charge in [-0.2, -0.15) is 4.31 Å². The molecule has 0 saturated carbocycles. The molecular formula is C15H29N3O2S. The van der Waals surface area contributed by atoms with Crippen molar-refractivity contribution >= 4 is 10.0 Å². The van der Waals surface area contributed by atoms with Gasteiger partial charge in [0, 0.05) is 38.1 Å². The van der Waals surface area contributed by atoms with Crippen molar-refractivity contribution in [3.8, 4) is 0 Å². The van der Waals surface area contributed by atoms with Crippen LogP contribution in [0.2, 0.25) is 0 Å². The molecule has 0 amide bonds. The number of nitrogens with zero attached hydrogens (tertiary/aromatic N) is 2. The fraction of sp³-hybridized carbons (Fsp3) is 0.733. The van der Waals surface area contributed by atoms with Gasteiger partial charge in [0.2, 0.25) is 10.0 Å². The van der Waals surface area contributed by atoms with Gasteiger partial charge in [0.15, 0.2) is 0 Å². The molecule has 0 bridgehead atoms. The second-order valence-electron chi connectivity index (χ2n) is 5.98. The Bertz CT molecular complexity index is 549. The molecule has 0 aliphatic heterocycles. The molecule has 5 nitrogen and oxygen atoms in total. The standard InChI is InChI=1S/C15H29N3O2S/c1-7-18-11-15(9-14(18)10-16-5)21(19,20)17(6)13(4)8-12(2)3/h9,11-13,16H,7-8,10H2,1-6H3. The van der Waals surface area contributed by atoms with E-state index in [4.69, 9.17) is 0 Å². The Balaban J connectivity index is 3.07. The Labute approximate surface area is 129 Å². The molecule has 0 aromatic carbocycles. The number of rotatable bonds is 8. The molecule has 1 rings (SSSR count). The van der Waals surface area contributed by atoms with E-state index in [9.17, 15) is 8.42 Å². The Morgan fingerprint density at radius 2 is 1.95 bits per heavy atom. The lowest BCUT2D eigenvalue weighted by Gasteiger charge is -2.25. The number of sulfonamides is 1. The first kappa shape index (κ1) is 18.2. The van der Waals surface area contributed by atoms with Crippen LogP contribution < -0.4 is 5.32 Å². The third-order valence-electron chi connectivity index (χ3n) is 3.77. The molecule has 1 unspecified atom stereocenters. The zero-order valence-corrected chi connectivity index (χ0v) is 14.9. The van der Waals surface area contributed by atoms with E-state index in [1.807, 2.05) is 25.5 Å². The van der Waals surface area contributed by atoms with Gasteiger partial charge in [-0.3, -0.25) is 0 Å². The first-order chi connectivity index (χ1) is 9.73. The highest BCUT2D eigenvalue weighted by Crippen LogP contribution is 2.22. The predicted octanol–water partition coefficient (Wildman–Crippen LogP) is 2.28. The van der Waals surface area contributed by atoms with Gasteiger partial charge < -0.3 is 9.88 Å². The number of hydrogen-bond donors (Lipinski definition) is 1. The van der Waals surface area contributed by atoms with Crippen LogP contribution in [0, 0.1) is 5.92 Å². The highest BCUT2D eigenvalue weighted by molar-refractivity contribution is 7.89. The lowest BCUT2D eigenvalue weighted by atomic mass is 10.1. The molecule has 21 heavy (non-hydrogen) atoms. The minimum atomic E-state index is -3.43. The number of aryl methyl sites for hydroxylation is 1. The Morgan fingerprint density at radius 3 is 2.43 bits per heavy atom. The Morgan fingerprint density at radius 1 is 1.33 bits per heavy atom. The van der Waals surface area contributed by atoms with Crippen LogP contribution in [-0.4, -0.2) is 37.4 Å². The Hall–Kier alpha value is -0.850. The normalized spacial score (nSPS) is 14.1. The first-order valence-corrected chi connectivity index (χ1v) is 8.99. The van der Waals surface area contributed by atoms with Gasteiger partial charge in [-0.1, -0.05) is 13.8 Å². The molecule has 1 aromatic heterocycles. The van der Waals surface area contributed by atoms with E-state index in [-0.39, 0.29) is 6.04 Å². The summed E-state index contributed by atoms with van der Waals surface area (Å²) in [6.07, 6.45) is 2.59. The SMILES string of the molecule is CCn1cc(S(=O)(=O)N(C)C(C)CC(C)C)cc1CNC. The van der Waals surface area contributed by atoms with Gasteiger partial charge in [0.05, 0.1) is 0 Å². The zero-order chi connectivity index (χ0) is 16.2. The average Bonchev–Trinajstić information content (AvgIpc) is 2.81. The molecule has 0 aliphatic carbocycles. The average molecular weight is 315 g/mol. The zero-order valence-electron chi connectivity index (χ0n) is 14.0. The quantitative estimate of drug-likeness (QED) is 0.801. The van der Waals surface area contributed by atoms with Crippen LogP contribution in [0.15, 0.2) is 17.2 Å². The molecule has 122 valence electrons. The van der Waals surface area contributed by atoms with Crippen molar-refractivity contribution in [1.82, 2.24) is 14.2 Å². The van der Waals surface area contributed by atoms with Crippen LogP contribution in [0.25, 0.3) is 0 Å². The fourth-order valence-corrected chi connectivity index (χ4v) is 3.96. The molecule has 1 aromatic rings. The lowest BCUT2D eigenvalue weighted by Crippen LogP contribution is -2.35. The first-order valence-electron chi connectivity index (χ1n) is 7.55. The molecular weight excluding hydrogens is 286 g/mol. The fourth-order valence-electron chi connectivity index (χ4n) is 2.52. The molecule has 0 fully saturated rings. The van der Waals surface area contributed by atoms with E-state index >= 15 is 0 Å². The molecule has 0 radical (unpaired) electrons. The second-order valence-corrected chi connectivity index (χ2v) is 7.98. The van der Waals surface area contributed by atoms with Crippen LogP contribution in [-0.2, 0) is 23.1 Å². The van der Waals surface area contributed by atoms with Crippen LogP contribution in [0.4, 0.5) is 0 Å². The number of hydrogen-bond acceptors (Lipinski definition) is 3. The van der Waals surface area contributed by atoms with Crippen molar-refractivity contribution in [3.05, 3.63) is 18.0 Å². The van der Waals surface area contributed by atoms with Crippen LogP contribution in [0.3, 0.4) is 0 Å². The molecule has 0 saturated heterocycles. The summed E-state index contributed by atoms with van der Waals surface area (Å²) in [5, 5.41) is 3.07. The highest BCUT2D eigenvalue weighted by atomic mass is 32.2. The summed E-state index contributed by atoms with van der Waals surface area (Å²) in [4.78, 5) is 0.382. The number of nitrogens with one attached hydrogen (secondary N) is 1. The van der Waals surface area contributed by atoms with Crippen LogP contribution in [0.1, 0.15) is 39.8 Å². The topological polar surface area (TPSA) is 54.3 Å². The molecule has 1 heterocycles. The van der Waals surface area contributed by atoms with E-state index in [1.165, 1.54) is 4.31 Å². The number of aromatic nitrogens is 1. The third kappa shape index (κ3) is 4.31. The van der Waals surface area contributed by atoms with Crippen molar-refractivity contribution < 1.29 is 8.42 Å². The van der Waals surface area contributed by atoms with E-state index in [0.717, 1.165) is 18.7 Å². The summed E-state index contributed by atoms with van der Waals surface area (Å²) >= 11 is 0. The largest absolute Gasteiger partial charge is 0.349 e. The molecule has 0 aliphatic rings. The van der Waals surface area contributed by atoms with Crippen molar-refractivity contribution in [2.24, 2.45) is 5.92 Å². The smallest absolute Gasteiger partial charge is 0.244 e. The van der Waals surface area contributed by atoms with E-state index in [0.29, 0.717) is 17.4 Å². The summed E-state index contributed by atoms with van der Waals surface area (Å²) in [5.74, 6) is 0.470. The molecule has 1 atom stereocenters. The summed E-state index contributed by atoms with van der Waals surface area (Å²) in [5.41, 5.74) is 0.989. The maximum Gasteiger partial charge on any atom is 0.244 e. The molecule has 1 N–H and O–H groups in total. The van der Waals surface area contributed by atoms with E-state index in [2.05, 4.69) is 19.2 Å². The van der Waals surface area contributed by atoms with Gasteiger partial charge in [-0.15, -0.1) is 0 Å². The molecule has 0 spiro atoms. The summed E-state index contributed by atoms with van der Waals surface area (Å²) in [6.45, 7) is 9.61. The van der Waals surface area contributed by atoms with Crippen LogP contribution >= 0.6 is 0 Å². The van der Waals surface area contributed by atoms with E-state index in [1.54, 1.807) is 19.3 Å². The Kier molecular flexibility index (Phi) is 6.43. The minimum absolute atomic E-state index is 0.00673. The highest BCUT2D eigenvalue weighted by Gasteiger charge is 2.27. The van der Waals surface area contributed by atoms with Gasteiger partial charge in [0.1, 0.15) is 4.90 Å². The second kappa shape index (κ2) is 7.42. The van der Waals surface area contributed by atoms with Crippen molar-refractivity contribution in [2.75, 3.05) is 14.1 Å². The molecule has 6 heteroatoms. The monoisotopic (exact) mass is 315 g/mol. The summed E-state index contributed by atoms with van der Waals surface area (Å²) < 4.78 is 28.9. The van der Waals surface area contributed by atoms with Crippen molar-refractivity contribution in [3.63, 3.8) is 0 Å². The summed E-state index contributed by atoms with van der Waals surface area (Å²) in [6, 6.07) is 1.77. The van der Waals surface area contributed by atoms with Gasteiger partial charge in [0.25, 0.3) is 0 Å².